The summed E-state index contributed by atoms with van der Waals surface area (Å²) in [6.07, 6.45) is 3.23. The number of fused-ring (bicyclic) bond motifs is 1. The van der Waals surface area contributed by atoms with E-state index in [0.29, 0.717) is 30.1 Å². The van der Waals surface area contributed by atoms with Gasteiger partial charge in [-0.2, -0.15) is 4.98 Å². The first-order valence-corrected chi connectivity index (χ1v) is 9.61. The Morgan fingerprint density at radius 2 is 1.96 bits per heavy atom. The molecule has 1 atom stereocenters. The second-order valence-electron chi connectivity index (χ2n) is 6.61. The van der Waals surface area contributed by atoms with E-state index >= 15 is 0 Å². The summed E-state index contributed by atoms with van der Waals surface area (Å²) < 4.78 is 7.38. The van der Waals surface area contributed by atoms with Gasteiger partial charge in [0, 0.05) is 32.7 Å². The van der Waals surface area contributed by atoms with Gasteiger partial charge < -0.3 is 14.7 Å². The molecule has 4 rings (SSSR count). The number of hydrogen-bond donors (Lipinski definition) is 1. The van der Waals surface area contributed by atoms with E-state index < -0.39 is 6.10 Å². The topological polar surface area (TPSA) is 83.7 Å². The van der Waals surface area contributed by atoms with Crippen LogP contribution < -0.4 is 10.5 Å². The lowest BCUT2D eigenvalue weighted by molar-refractivity contribution is 0.0113. The van der Waals surface area contributed by atoms with Crippen LogP contribution in [0.2, 0.25) is 0 Å². The molecule has 1 unspecified atom stereocenters. The Morgan fingerprint density at radius 3 is 2.72 bits per heavy atom. The van der Waals surface area contributed by atoms with Gasteiger partial charge in [0.15, 0.2) is 10.8 Å². The molecule has 2 aliphatic heterocycles. The van der Waals surface area contributed by atoms with Crippen LogP contribution in [-0.4, -0.2) is 76.6 Å². The van der Waals surface area contributed by atoms with Gasteiger partial charge >= 0.3 is 0 Å². The molecule has 25 heavy (non-hydrogen) atoms. The summed E-state index contributed by atoms with van der Waals surface area (Å²) in [5.74, 6) is 0. The van der Waals surface area contributed by atoms with E-state index in [4.69, 9.17) is 4.74 Å². The van der Waals surface area contributed by atoms with Crippen LogP contribution in [0, 0.1) is 0 Å². The maximum atomic E-state index is 12.7. The fourth-order valence-electron chi connectivity index (χ4n) is 3.38. The van der Waals surface area contributed by atoms with Crippen molar-refractivity contribution in [3.63, 3.8) is 0 Å². The molecule has 8 nitrogen and oxygen atoms in total. The molecule has 4 heterocycles. The van der Waals surface area contributed by atoms with Gasteiger partial charge in [-0.15, -0.1) is 0 Å². The van der Waals surface area contributed by atoms with Crippen molar-refractivity contribution in [3.8, 4) is 0 Å². The smallest absolute Gasteiger partial charge is 0.273 e. The molecule has 0 radical (unpaired) electrons. The Hall–Kier alpha value is -1.55. The lowest BCUT2D eigenvalue weighted by atomic mass is 10.3. The zero-order chi connectivity index (χ0) is 17.2. The zero-order valence-corrected chi connectivity index (χ0v) is 15.0. The van der Waals surface area contributed by atoms with Crippen LogP contribution in [0.4, 0.5) is 5.13 Å². The van der Waals surface area contributed by atoms with Gasteiger partial charge in [0.2, 0.25) is 0 Å². The quantitative estimate of drug-likeness (QED) is 0.807. The van der Waals surface area contributed by atoms with Crippen molar-refractivity contribution in [2.75, 3.05) is 50.8 Å². The Morgan fingerprint density at radius 1 is 1.20 bits per heavy atom. The number of aliphatic hydroxyl groups excluding tert-OH is 1. The second-order valence-corrected chi connectivity index (χ2v) is 7.59. The summed E-state index contributed by atoms with van der Waals surface area (Å²) >= 11 is 1.41. The molecule has 1 N–H and O–H groups in total. The van der Waals surface area contributed by atoms with E-state index in [-0.39, 0.29) is 12.1 Å². The van der Waals surface area contributed by atoms with E-state index in [1.165, 1.54) is 35.1 Å². The molecule has 0 amide bonds. The van der Waals surface area contributed by atoms with Crippen LogP contribution >= 0.6 is 11.3 Å². The number of nitrogens with zero attached hydrogens (tertiary/aromatic N) is 5. The highest BCUT2D eigenvalue weighted by atomic mass is 32.1. The van der Waals surface area contributed by atoms with Crippen LogP contribution in [0.15, 0.2) is 11.1 Å². The average molecular weight is 365 g/mol. The van der Waals surface area contributed by atoms with Gasteiger partial charge in [-0.1, -0.05) is 11.3 Å². The Balaban J connectivity index is 1.49. The SMILES string of the molecule is O=c1c2sc(N3CCCC3)nc2ncn1CC(O)CN1CCOCC1. The molecule has 0 spiro atoms. The maximum absolute atomic E-state index is 12.7. The third kappa shape index (κ3) is 3.69. The van der Waals surface area contributed by atoms with Gasteiger partial charge in [0.25, 0.3) is 5.56 Å². The minimum absolute atomic E-state index is 0.117. The van der Waals surface area contributed by atoms with Gasteiger partial charge in [0.05, 0.1) is 25.9 Å². The van der Waals surface area contributed by atoms with Crippen molar-refractivity contribution < 1.29 is 9.84 Å². The summed E-state index contributed by atoms with van der Waals surface area (Å²) in [6.45, 7) is 5.79. The lowest BCUT2D eigenvalue weighted by Gasteiger charge is -2.28. The molecule has 2 aromatic heterocycles. The molecular weight excluding hydrogens is 342 g/mol. The number of aromatic nitrogens is 3. The Bertz CT molecular complexity index is 780. The molecule has 0 saturated carbocycles. The van der Waals surface area contributed by atoms with Crippen LogP contribution in [0.1, 0.15) is 12.8 Å². The number of morpholine rings is 1. The molecule has 2 aliphatic rings. The van der Waals surface area contributed by atoms with Gasteiger partial charge in [-0.3, -0.25) is 14.3 Å². The summed E-state index contributed by atoms with van der Waals surface area (Å²) in [6, 6.07) is 0. The highest BCUT2D eigenvalue weighted by molar-refractivity contribution is 7.22. The molecule has 2 aromatic rings. The van der Waals surface area contributed by atoms with Crippen molar-refractivity contribution >= 4 is 26.8 Å². The standard InChI is InChI=1S/C16H23N5O3S/c22-12(9-19-5-7-24-8-6-19)10-21-11-17-14-13(15(21)23)25-16(18-14)20-3-1-2-4-20/h11-12,22H,1-10H2. The Labute approximate surface area is 149 Å². The van der Waals surface area contributed by atoms with Crippen LogP contribution in [0.25, 0.3) is 10.3 Å². The van der Waals surface area contributed by atoms with E-state index in [1.807, 2.05) is 0 Å². The minimum atomic E-state index is -0.610. The fourth-order valence-corrected chi connectivity index (χ4v) is 4.40. The van der Waals surface area contributed by atoms with Crippen molar-refractivity contribution in [1.29, 1.82) is 0 Å². The summed E-state index contributed by atoms with van der Waals surface area (Å²) in [7, 11) is 0. The predicted octanol–water partition coefficient (Wildman–Crippen LogP) is 0.146. The first kappa shape index (κ1) is 16.9. The third-order valence-corrected chi connectivity index (χ3v) is 5.82. The molecule has 2 fully saturated rings. The first-order valence-electron chi connectivity index (χ1n) is 8.80. The number of aliphatic hydroxyl groups is 1. The summed E-state index contributed by atoms with van der Waals surface area (Å²) in [5, 5.41) is 11.2. The molecule has 2 saturated heterocycles. The van der Waals surface area contributed by atoms with Crippen LogP contribution in [0.3, 0.4) is 0 Å². The minimum Gasteiger partial charge on any atom is -0.390 e. The number of thiazole rings is 1. The average Bonchev–Trinajstić information content (AvgIpc) is 3.27. The highest BCUT2D eigenvalue weighted by Crippen LogP contribution is 2.27. The number of anilines is 1. The van der Waals surface area contributed by atoms with Gasteiger partial charge in [0.1, 0.15) is 11.0 Å². The molecule has 0 aliphatic carbocycles. The van der Waals surface area contributed by atoms with Gasteiger partial charge in [-0.25, -0.2) is 4.98 Å². The normalized spacial score (nSPS) is 20.4. The monoisotopic (exact) mass is 365 g/mol. The highest BCUT2D eigenvalue weighted by Gasteiger charge is 2.20. The third-order valence-electron chi connectivity index (χ3n) is 4.73. The molecule has 9 heteroatoms. The molecule has 0 aromatic carbocycles. The van der Waals surface area contributed by atoms with E-state index in [9.17, 15) is 9.90 Å². The van der Waals surface area contributed by atoms with Crippen molar-refractivity contribution in [2.45, 2.75) is 25.5 Å². The Kier molecular flexibility index (Phi) is 4.98. The number of rotatable bonds is 5. The number of ether oxygens (including phenoxy) is 1. The van der Waals surface area contributed by atoms with Gasteiger partial charge in [-0.05, 0) is 12.8 Å². The van der Waals surface area contributed by atoms with Crippen LogP contribution in [-0.2, 0) is 11.3 Å². The second kappa shape index (κ2) is 7.36. The molecular formula is C16H23N5O3S. The maximum Gasteiger partial charge on any atom is 0.273 e. The van der Waals surface area contributed by atoms with E-state index in [1.54, 1.807) is 0 Å². The number of hydrogen-bond acceptors (Lipinski definition) is 8. The molecule has 136 valence electrons. The molecule has 0 bridgehead atoms. The number of β-amino-alcohol motifs (C(OH)–C–C–N with tert-alkyl or cyclic N) is 1. The summed E-state index contributed by atoms with van der Waals surface area (Å²) in [4.78, 5) is 25.9. The van der Waals surface area contributed by atoms with E-state index in [0.717, 1.165) is 31.3 Å². The predicted molar refractivity (Wildman–Crippen MR) is 96.4 cm³/mol. The van der Waals surface area contributed by atoms with Crippen LogP contribution in [0.5, 0.6) is 0 Å². The van der Waals surface area contributed by atoms with E-state index in [2.05, 4.69) is 19.8 Å². The summed E-state index contributed by atoms with van der Waals surface area (Å²) in [5.41, 5.74) is 0.393. The zero-order valence-electron chi connectivity index (χ0n) is 14.1. The largest absolute Gasteiger partial charge is 0.390 e. The fraction of sp³-hybridized carbons (Fsp3) is 0.688. The first-order chi connectivity index (χ1) is 12.2. The van der Waals surface area contributed by atoms with Crippen molar-refractivity contribution in [2.24, 2.45) is 0 Å². The van der Waals surface area contributed by atoms with Crippen molar-refractivity contribution in [1.82, 2.24) is 19.4 Å². The van der Waals surface area contributed by atoms with Crippen molar-refractivity contribution in [3.05, 3.63) is 16.7 Å². The lowest BCUT2D eigenvalue weighted by Crippen LogP contribution is -2.42.